The number of nitrogens with one attached hydrogen (secondary N) is 2. The van der Waals surface area contributed by atoms with E-state index in [0.717, 1.165) is 11.4 Å². The predicted octanol–water partition coefficient (Wildman–Crippen LogP) is 2.89. The van der Waals surface area contributed by atoms with E-state index in [9.17, 15) is 4.39 Å². The van der Waals surface area contributed by atoms with Crippen LogP contribution < -0.4 is 10.6 Å². The Morgan fingerprint density at radius 1 is 1.33 bits per heavy atom. The van der Waals surface area contributed by atoms with E-state index >= 15 is 0 Å². The molecular weight excluding hydrogens is 269 g/mol. The van der Waals surface area contributed by atoms with Crippen molar-refractivity contribution >= 4 is 11.5 Å². The third kappa shape index (κ3) is 4.01. The first-order chi connectivity index (χ1) is 9.76. The van der Waals surface area contributed by atoms with Gasteiger partial charge in [0.2, 0.25) is 0 Å². The quantitative estimate of drug-likeness (QED) is 0.909. The maximum atomic E-state index is 14.5. The summed E-state index contributed by atoms with van der Waals surface area (Å²) in [5.41, 5.74) is 2.08. The highest BCUT2D eigenvalue weighted by molar-refractivity contribution is 5.58. The molecule has 2 aromatic rings. The Balaban J connectivity index is 2.19. The molecule has 0 unspecified atom stereocenters. The lowest BCUT2D eigenvalue weighted by Crippen LogP contribution is -2.35. The fraction of sp³-hybridized carbons (Fsp3) is 0.467. The third-order valence-corrected chi connectivity index (χ3v) is 3.04. The van der Waals surface area contributed by atoms with Gasteiger partial charge in [-0.2, -0.15) is 5.10 Å². The molecule has 21 heavy (non-hydrogen) atoms. The van der Waals surface area contributed by atoms with E-state index in [0.29, 0.717) is 12.1 Å². The van der Waals surface area contributed by atoms with Gasteiger partial charge < -0.3 is 10.6 Å². The fourth-order valence-corrected chi connectivity index (χ4v) is 1.92. The maximum Gasteiger partial charge on any atom is 0.170 e. The standard InChI is InChI=1S/C15H22FN5/c1-10-12(9-21(5)20-10)19-14-13(16)11(6-7-17-14)8-18-15(2,3)4/h6-7,9,18H,8H2,1-5H3,(H,17,19). The lowest BCUT2D eigenvalue weighted by Gasteiger charge is -2.21. The average molecular weight is 291 g/mol. The summed E-state index contributed by atoms with van der Waals surface area (Å²) in [6.07, 6.45) is 3.41. The molecule has 2 N–H and O–H groups in total. The molecule has 0 spiro atoms. The molecule has 5 nitrogen and oxygen atoms in total. The van der Waals surface area contributed by atoms with Crippen molar-refractivity contribution in [1.82, 2.24) is 20.1 Å². The molecule has 6 heteroatoms. The van der Waals surface area contributed by atoms with Gasteiger partial charge in [0.15, 0.2) is 11.6 Å². The number of hydrogen-bond donors (Lipinski definition) is 2. The van der Waals surface area contributed by atoms with Crippen LogP contribution in [0, 0.1) is 12.7 Å². The second-order valence-corrected chi connectivity index (χ2v) is 6.16. The second kappa shape index (κ2) is 5.81. The second-order valence-electron chi connectivity index (χ2n) is 6.16. The number of aromatic nitrogens is 3. The van der Waals surface area contributed by atoms with E-state index in [1.165, 1.54) is 0 Å². The molecule has 2 heterocycles. The zero-order valence-corrected chi connectivity index (χ0v) is 13.2. The fourth-order valence-electron chi connectivity index (χ4n) is 1.92. The van der Waals surface area contributed by atoms with Crippen molar-refractivity contribution in [1.29, 1.82) is 0 Å². The van der Waals surface area contributed by atoms with Crippen LogP contribution in [0.25, 0.3) is 0 Å². The number of nitrogens with zero attached hydrogens (tertiary/aromatic N) is 3. The highest BCUT2D eigenvalue weighted by Crippen LogP contribution is 2.22. The van der Waals surface area contributed by atoms with E-state index < -0.39 is 0 Å². The van der Waals surface area contributed by atoms with Crippen LogP contribution >= 0.6 is 0 Å². The molecule has 0 aliphatic rings. The van der Waals surface area contributed by atoms with Gasteiger partial charge in [0.25, 0.3) is 0 Å². The molecule has 0 atom stereocenters. The van der Waals surface area contributed by atoms with Crippen molar-refractivity contribution in [2.45, 2.75) is 39.8 Å². The van der Waals surface area contributed by atoms with Gasteiger partial charge in [-0.05, 0) is 33.8 Å². The van der Waals surface area contributed by atoms with Gasteiger partial charge in [0, 0.05) is 37.1 Å². The molecule has 2 aromatic heterocycles. The summed E-state index contributed by atoms with van der Waals surface area (Å²) in [7, 11) is 1.83. The summed E-state index contributed by atoms with van der Waals surface area (Å²) in [5.74, 6) is -0.114. The predicted molar refractivity (Wildman–Crippen MR) is 82.0 cm³/mol. The smallest absolute Gasteiger partial charge is 0.170 e. The molecule has 0 fully saturated rings. The third-order valence-electron chi connectivity index (χ3n) is 3.04. The van der Waals surface area contributed by atoms with Gasteiger partial charge in [0.1, 0.15) is 0 Å². The number of anilines is 2. The number of pyridine rings is 1. The van der Waals surface area contributed by atoms with Crippen molar-refractivity contribution in [2.24, 2.45) is 7.05 Å². The minimum atomic E-state index is -0.336. The monoisotopic (exact) mass is 291 g/mol. The van der Waals surface area contributed by atoms with Crippen molar-refractivity contribution in [3.05, 3.63) is 35.5 Å². The van der Waals surface area contributed by atoms with E-state index in [1.807, 2.05) is 34.7 Å². The summed E-state index contributed by atoms with van der Waals surface area (Å²) < 4.78 is 16.2. The first-order valence-corrected chi connectivity index (χ1v) is 6.92. The van der Waals surface area contributed by atoms with E-state index in [4.69, 9.17) is 0 Å². The Morgan fingerprint density at radius 2 is 2.05 bits per heavy atom. The Hall–Kier alpha value is -1.95. The molecule has 0 saturated carbocycles. The summed E-state index contributed by atoms with van der Waals surface area (Å²) in [5, 5.41) is 10.5. The Morgan fingerprint density at radius 3 is 2.62 bits per heavy atom. The van der Waals surface area contributed by atoms with Gasteiger partial charge in [-0.15, -0.1) is 0 Å². The zero-order chi connectivity index (χ0) is 15.6. The van der Waals surface area contributed by atoms with Crippen LogP contribution in [-0.4, -0.2) is 20.3 Å². The van der Waals surface area contributed by atoms with Crippen molar-refractivity contribution in [3.8, 4) is 0 Å². The molecule has 0 radical (unpaired) electrons. The largest absolute Gasteiger partial charge is 0.335 e. The van der Waals surface area contributed by atoms with Crippen LogP contribution in [0.1, 0.15) is 32.0 Å². The average Bonchev–Trinajstić information content (AvgIpc) is 2.68. The van der Waals surface area contributed by atoms with Crippen molar-refractivity contribution < 1.29 is 4.39 Å². The lowest BCUT2D eigenvalue weighted by atomic mass is 10.1. The molecule has 0 saturated heterocycles. The number of aryl methyl sites for hydroxylation is 2. The Labute approximate surface area is 124 Å². The number of halogens is 1. The topological polar surface area (TPSA) is 54.8 Å². The molecule has 114 valence electrons. The van der Waals surface area contributed by atoms with E-state index in [2.05, 4.69) is 20.7 Å². The zero-order valence-electron chi connectivity index (χ0n) is 13.2. The minimum absolute atomic E-state index is 0.0662. The van der Waals surface area contributed by atoms with E-state index in [-0.39, 0.29) is 17.2 Å². The van der Waals surface area contributed by atoms with Gasteiger partial charge in [0.05, 0.1) is 11.4 Å². The van der Waals surface area contributed by atoms with Crippen LogP contribution in [0.4, 0.5) is 15.9 Å². The highest BCUT2D eigenvalue weighted by atomic mass is 19.1. The van der Waals surface area contributed by atoms with Gasteiger partial charge in [-0.3, -0.25) is 4.68 Å². The molecule has 0 aliphatic heterocycles. The molecule has 0 amide bonds. The van der Waals surface area contributed by atoms with Crippen LogP contribution in [0.15, 0.2) is 18.5 Å². The van der Waals surface area contributed by atoms with Gasteiger partial charge in [-0.25, -0.2) is 9.37 Å². The molecular formula is C15H22FN5. The number of hydrogen-bond acceptors (Lipinski definition) is 4. The Kier molecular flexibility index (Phi) is 4.27. The van der Waals surface area contributed by atoms with Crippen molar-refractivity contribution in [2.75, 3.05) is 5.32 Å². The number of rotatable bonds is 4. The van der Waals surface area contributed by atoms with Gasteiger partial charge >= 0.3 is 0 Å². The van der Waals surface area contributed by atoms with Crippen LogP contribution in [0.3, 0.4) is 0 Å². The van der Waals surface area contributed by atoms with Crippen LogP contribution in [-0.2, 0) is 13.6 Å². The summed E-state index contributed by atoms with van der Waals surface area (Å²) in [4.78, 5) is 4.08. The molecule has 0 aliphatic carbocycles. The summed E-state index contributed by atoms with van der Waals surface area (Å²) in [6, 6.07) is 1.69. The maximum absolute atomic E-state index is 14.5. The summed E-state index contributed by atoms with van der Waals surface area (Å²) in [6.45, 7) is 8.46. The van der Waals surface area contributed by atoms with Crippen LogP contribution in [0.5, 0.6) is 0 Å². The Bertz CT molecular complexity index is 627. The minimum Gasteiger partial charge on any atom is -0.335 e. The van der Waals surface area contributed by atoms with E-state index in [1.54, 1.807) is 23.1 Å². The van der Waals surface area contributed by atoms with Crippen molar-refractivity contribution in [3.63, 3.8) is 0 Å². The van der Waals surface area contributed by atoms with Crippen LogP contribution in [0.2, 0.25) is 0 Å². The lowest BCUT2D eigenvalue weighted by molar-refractivity contribution is 0.418. The van der Waals surface area contributed by atoms with Gasteiger partial charge in [-0.1, -0.05) is 0 Å². The molecule has 0 aromatic carbocycles. The first-order valence-electron chi connectivity index (χ1n) is 6.92. The highest BCUT2D eigenvalue weighted by Gasteiger charge is 2.14. The normalized spacial score (nSPS) is 11.7. The summed E-state index contributed by atoms with van der Waals surface area (Å²) >= 11 is 0. The molecule has 2 rings (SSSR count). The molecule has 0 bridgehead atoms. The first kappa shape index (κ1) is 15.4. The SMILES string of the molecule is Cc1nn(C)cc1Nc1nccc(CNC(C)(C)C)c1F.